The van der Waals surface area contributed by atoms with E-state index < -0.39 is 6.10 Å². The van der Waals surface area contributed by atoms with Crippen LogP contribution >= 0.6 is 0 Å². The fraction of sp³-hybridized carbons (Fsp3) is 0.588. The van der Waals surface area contributed by atoms with Crippen molar-refractivity contribution in [3.05, 3.63) is 29.8 Å². The number of aliphatic hydroxyl groups is 1. The van der Waals surface area contributed by atoms with Crippen LogP contribution in [0.3, 0.4) is 0 Å². The van der Waals surface area contributed by atoms with Crippen molar-refractivity contribution in [2.24, 2.45) is 5.92 Å². The summed E-state index contributed by atoms with van der Waals surface area (Å²) in [5.74, 6) is 1.36. The third-order valence-corrected chi connectivity index (χ3v) is 4.21. The van der Waals surface area contributed by atoms with Gasteiger partial charge in [-0.1, -0.05) is 31.9 Å². The molecule has 0 bridgehead atoms. The smallest absolute Gasteiger partial charge is 0.315 e. The Kier molecular flexibility index (Phi) is 6.07. The summed E-state index contributed by atoms with van der Waals surface area (Å²) in [6.07, 6.45) is 3.74. The Morgan fingerprint density at radius 3 is 3.00 bits per heavy atom. The molecule has 1 aromatic carbocycles. The standard InChI is InChI=1S/C17H26N2O3/c1-12-5-3-7-14(9-12)19-17(21)18-11-16(20)13-6-4-8-15(10-13)22-2/h4,6,8,10,12,14,16,20H,3,5,7,9,11H2,1-2H3,(H2,18,19,21). The van der Waals surface area contributed by atoms with Crippen molar-refractivity contribution in [1.29, 1.82) is 0 Å². The summed E-state index contributed by atoms with van der Waals surface area (Å²) in [7, 11) is 1.59. The zero-order chi connectivity index (χ0) is 15.9. The van der Waals surface area contributed by atoms with Crippen molar-refractivity contribution >= 4 is 6.03 Å². The fourth-order valence-corrected chi connectivity index (χ4v) is 2.96. The summed E-state index contributed by atoms with van der Waals surface area (Å²) < 4.78 is 5.13. The molecule has 0 aromatic heterocycles. The summed E-state index contributed by atoms with van der Waals surface area (Å²) in [5, 5.41) is 15.9. The van der Waals surface area contributed by atoms with Gasteiger partial charge < -0.3 is 20.5 Å². The van der Waals surface area contributed by atoms with Crippen molar-refractivity contribution in [3.63, 3.8) is 0 Å². The molecule has 1 aliphatic rings. The maximum atomic E-state index is 11.9. The highest BCUT2D eigenvalue weighted by molar-refractivity contribution is 5.74. The van der Waals surface area contributed by atoms with Gasteiger partial charge in [0, 0.05) is 12.6 Å². The number of methoxy groups -OCH3 is 1. The van der Waals surface area contributed by atoms with Crippen molar-refractivity contribution in [2.45, 2.75) is 44.8 Å². The Labute approximate surface area is 132 Å². The van der Waals surface area contributed by atoms with Gasteiger partial charge >= 0.3 is 6.03 Å². The SMILES string of the molecule is COc1cccc(C(O)CNC(=O)NC2CCCC(C)C2)c1. The summed E-state index contributed by atoms with van der Waals surface area (Å²) in [4.78, 5) is 11.9. The first-order valence-corrected chi connectivity index (χ1v) is 7.95. The number of carbonyl (C=O) groups is 1. The van der Waals surface area contributed by atoms with Crippen LogP contribution in [0, 0.1) is 5.92 Å². The monoisotopic (exact) mass is 306 g/mol. The minimum atomic E-state index is -0.744. The maximum Gasteiger partial charge on any atom is 0.315 e. The Morgan fingerprint density at radius 2 is 2.27 bits per heavy atom. The molecule has 0 radical (unpaired) electrons. The highest BCUT2D eigenvalue weighted by Gasteiger charge is 2.20. The molecule has 5 nitrogen and oxygen atoms in total. The van der Waals surface area contributed by atoms with Crippen molar-refractivity contribution in [1.82, 2.24) is 10.6 Å². The normalized spacial score (nSPS) is 22.7. The van der Waals surface area contributed by atoms with E-state index in [1.54, 1.807) is 13.2 Å². The number of nitrogens with one attached hydrogen (secondary N) is 2. The molecule has 0 spiro atoms. The van der Waals surface area contributed by atoms with E-state index in [9.17, 15) is 9.90 Å². The van der Waals surface area contributed by atoms with Gasteiger partial charge in [0.25, 0.3) is 0 Å². The van der Waals surface area contributed by atoms with Crippen LogP contribution in [0.25, 0.3) is 0 Å². The molecule has 0 heterocycles. The minimum absolute atomic E-state index is 0.182. The molecule has 2 amide bonds. The van der Waals surface area contributed by atoms with E-state index in [0.29, 0.717) is 11.7 Å². The first kappa shape index (κ1) is 16.6. The van der Waals surface area contributed by atoms with Crippen LogP contribution in [-0.2, 0) is 0 Å². The van der Waals surface area contributed by atoms with Crippen LogP contribution < -0.4 is 15.4 Å². The zero-order valence-electron chi connectivity index (χ0n) is 13.3. The van der Waals surface area contributed by atoms with Crippen LogP contribution in [0.4, 0.5) is 4.79 Å². The number of hydrogen-bond acceptors (Lipinski definition) is 3. The van der Waals surface area contributed by atoms with Gasteiger partial charge in [-0.3, -0.25) is 0 Å². The van der Waals surface area contributed by atoms with Gasteiger partial charge in [-0.2, -0.15) is 0 Å². The number of ether oxygens (including phenoxy) is 1. The van der Waals surface area contributed by atoms with E-state index in [1.807, 2.05) is 18.2 Å². The second kappa shape index (κ2) is 8.03. The number of benzene rings is 1. The Bertz CT molecular complexity index is 493. The lowest BCUT2D eigenvalue weighted by atomic mass is 9.87. The molecule has 122 valence electrons. The van der Waals surface area contributed by atoms with Gasteiger partial charge in [0.1, 0.15) is 5.75 Å². The second-order valence-electron chi connectivity index (χ2n) is 6.12. The molecule has 0 aliphatic heterocycles. The second-order valence-corrected chi connectivity index (χ2v) is 6.12. The minimum Gasteiger partial charge on any atom is -0.497 e. The van der Waals surface area contributed by atoms with Crippen molar-refractivity contribution in [2.75, 3.05) is 13.7 Å². The van der Waals surface area contributed by atoms with E-state index in [-0.39, 0.29) is 18.6 Å². The van der Waals surface area contributed by atoms with Crippen LogP contribution in [-0.4, -0.2) is 30.8 Å². The topological polar surface area (TPSA) is 70.6 Å². The van der Waals surface area contributed by atoms with Crippen LogP contribution in [0.5, 0.6) is 5.75 Å². The molecule has 22 heavy (non-hydrogen) atoms. The molecule has 1 aliphatic carbocycles. The molecule has 0 saturated heterocycles. The molecule has 3 unspecified atom stereocenters. The Hall–Kier alpha value is -1.75. The lowest BCUT2D eigenvalue weighted by Gasteiger charge is -2.27. The lowest BCUT2D eigenvalue weighted by Crippen LogP contribution is -2.44. The van der Waals surface area contributed by atoms with Crippen molar-refractivity contribution in [3.8, 4) is 5.75 Å². The number of hydrogen-bond donors (Lipinski definition) is 3. The van der Waals surface area contributed by atoms with E-state index in [2.05, 4.69) is 17.6 Å². The predicted octanol–water partition coefficient (Wildman–Crippen LogP) is 2.61. The average molecular weight is 306 g/mol. The Morgan fingerprint density at radius 1 is 1.45 bits per heavy atom. The van der Waals surface area contributed by atoms with Gasteiger partial charge in [0.05, 0.1) is 13.2 Å². The largest absolute Gasteiger partial charge is 0.497 e. The maximum absolute atomic E-state index is 11.9. The molecular formula is C17H26N2O3. The van der Waals surface area contributed by atoms with Gasteiger partial charge in [0.2, 0.25) is 0 Å². The molecule has 5 heteroatoms. The van der Waals surface area contributed by atoms with Gasteiger partial charge in [-0.15, -0.1) is 0 Å². The summed E-state index contributed by atoms with van der Waals surface area (Å²) in [6, 6.07) is 7.27. The van der Waals surface area contributed by atoms with Crippen LogP contribution in [0.1, 0.15) is 44.3 Å². The summed E-state index contributed by atoms with van der Waals surface area (Å²) >= 11 is 0. The van der Waals surface area contributed by atoms with Crippen molar-refractivity contribution < 1.29 is 14.6 Å². The third kappa shape index (κ3) is 4.91. The molecule has 1 saturated carbocycles. The van der Waals surface area contributed by atoms with E-state index in [4.69, 9.17) is 4.74 Å². The average Bonchev–Trinajstić information content (AvgIpc) is 2.52. The first-order valence-electron chi connectivity index (χ1n) is 7.95. The number of amides is 2. The predicted molar refractivity (Wildman–Crippen MR) is 85.9 cm³/mol. The zero-order valence-corrected chi connectivity index (χ0v) is 13.3. The Balaban J connectivity index is 1.77. The molecule has 1 fully saturated rings. The first-order chi connectivity index (χ1) is 10.6. The highest BCUT2D eigenvalue weighted by Crippen LogP contribution is 2.23. The fourth-order valence-electron chi connectivity index (χ4n) is 2.96. The number of carbonyl (C=O) groups excluding carboxylic acids is 1. The van der Waals surface area contributed by atoms with Gasteiger partial charge in [-0.05, 0) is 36.5 Å². The van der Waals surface area contributed by atoms with Gasteiger partial charge in [-0.25, -0.2) is 4.79 Å². The molecule has 3 atom stereocenters. The molecular weight excluding hydrogens is 280 g/mol. The molecule has 3 N–H and O–H groups in total. The van der Waals surface area contributed by atoms with Crippen LogP contribution in [0.2, 0.25) is 0 Å². The quantitative estimate of drug-likeness (QED) is 0.783. The molecule has 1 aromatic rings. The van der Waals surface area contributed by atoms with E-state index in [1.165, 1.54) is 12.8 Å². The summed E-state index contributed by atoms with van der Waals surface area (Å²) in [5.41, 5.74) is 0.728. The number of aliphatic hydroxyl groups excluding tert-OH is 1. The van der Waals surface area contributed by atoms with Crippen LogP contribution in [0.15, 0.2) is 24.3 Å². The third-order valence-electron chi connectivity index (χ3n) is 4.21. The molecule has 2 rings (SSSR count). The number of rotatable bonds is 5. The van der Waals surface area contributed by atoms with Gasteiger partial charge in [0.15, 0.2) is 0 Å². The summed E-state index contributed by atoms with van der Waals surface area (Å²) in [6.45, 7) is 2.40. The highest BCUT2D eigenvalue weighted by atomic mass is 16.5. The van der Waals surface area contributed by atoms with E-state index in [0.717, 1.165) is 18.4 Å². The van der Waals surface area contributed by atoms with E-state index >= 15 is 0 Å². The number of urea groups is 1. The lowest BCUT2D eigenvalue weighted by molar-refractivity contribution is 0.171.